The van der Waals surface area contributed by atoms with Gasteiger partial charge in [-0.15, -0.1) is 0 Å². The second-order valence-corrected chi connectivity index (χ2v) is 13.5. The average Bonchev–Trinajstić information content (AvgIpc) is 2.64. The maximum absolute atomic E-state index is 12.3. The molecule has 1 aliphatic heterocycles. The van der Waals surface area contributed by atoms with Gasteiger partial charge in [-0.3, -0.25) is 0 Å². The number of nitrogens with zero attached hydrogens (tertiary/aromatic N) is 1. The zero-order valence-electron chi connectivity index (χ0n) is 15.4. The summed E-state index contributed by atoms with van der Waals surface area (Å²) in [7, 11) is -1.90. The van der Waals surface area contributed by atoms with Gasteiger partial charge in [0.1, 0.15) is 5.60 Å². The molecule has 2 atom stereocenters. The highest BCUT2D eigenvalue weighted by atomic mass is 28.4. The number of carbonyl (C=O) groups excluding carboxylic acids is 1. The highest BCUT2D eigenvalue weighted by Gasteiger charge is 2.42. The minimum absolute atomic E-state index is 0.104. The molecule has 1 heterocycles. The standard InChI is InChI=1S/C16H33NO4Si/c1-15(2,3)21-14(19)17-10-9-13(18)12(17)11-20-22(7,8)16(4,5)6/h12-13,18H,9-11H2,1-8H3/t12-,13+/m1/s1. The molecule has 130 valence electrons. The number of rotatable bonds is 3. The van der Waals surface area contributed by atoms with E-state index in [1.165, 1.54) is 0 Å². The number of carbonyl (C=O) groups is 1. The fourth-order valence-electron chi connectivity index (χ4n) is 2.10. The van der Waals surface area contributed by atoms with Gasteiger partial charge in [0.05, 0.1) is 18.8 Å². The van der Waals surface area contributed by atoms with Crippen molar-refractivity contribution in [2.75, 3.05) is 13.2 Å². The lowest BCUT2D eigenvalue weighted by atomic mass is 10.2. The maximum atomic E-state index is 12.3. The molecule has 0 aromatic carbocycles. The molecule has 0 unspecified atom stereocenters. The van der Waals surface area contributed by atoms with Crippen molar-refractivity contribution in [1.29, 1.82) is 0 Å². The number of aliphatic hydroxyl groups excluding tert-OH is 1. The molecule has 0 aromatic heterocycles. The molecule has 0 spiro atoms. The average molecular weight is 332 g/mol. The summed E-state index contributed by atoms with van der Waals surface area (Å²) in [5, 5.41) is 10.3. The smallest absolute Gasteiger partial charge is 0.410 e. The van der Waals surface area contributed by atoms with Crippen LogP contribution in [0.4, 0.5) is 4.79 Å². The second-order valence-electron chi connectivity index (χ2n) is 8.67. The Kier molecular flexibility index (Phi) is 5.74. The molecule has 1 saturated heterocycles. The summed E-state index contributed by atoms with van der Waals surface area (Å²) in [5.41, 5.74) is -0.532. The Hall–Kier alpha value is -0.593. The minimum Gasteiger partial charge on any atom is -0.444 e. The van der Waals surface area contributed by atoms with Crippen LogP contribution in [0.15, 0.2) is 0 Å². The van der Waals surface area contributed by atoms with Gasteiger partial charge in [0.15, 0.2) is 8.32 Å². The third-order valence-electron chi connectivity index (χ3n) is 4.56. The molecule has 5 nitrogen and oxygen atoms in total. The van der Waals surface area contributed by atoms with E-state index in [0.717, 1.165) is 0 Å². The molecule has 1 N–H and O–H groups in total. The molecular weight excluding hydrogens is 298 g/mol. The molecule has 0 aliphatic carbocycles. The molecule has 0 aromatic rings. The number of aliphatic hydroxyl groups is 1. The van der Waals surface area contributed by atoms with Gasteiger partial charge < -0.3 is 19.2 Å². The Morgan fingerprint density at radius 3 is 2.23 bits per heavy atom. The minimum atomic E-state index is -1.90. The summed E-state index contributed by atoms with van der Waals surface area (Å²) in [4.78, 5) is 13.9. The fourth-order valence-corrected chi connectivity index (χ4v) is 3.12. The highest BCUT2D eigenvalue weighted by Crippen LogP contribution is 2.37. The molecule has 0 radical (unpaired) electrons. The van der Waals surface area contributed by atoms with Gasteiger partial charge in [-0.1, -0.05) is 20.8 Å². The first-order valence-electron chi connectivity index (χ1n) is 8.06. The summed E-state index contributed by atoms with van der Waals surface area (Å²) in [6.07, 6.45) is -0.338. The zero-order chi connectivity index (χ0) is 17.3. The summed E-state index contributed by atoms with van der Waals surface area (Å²) >= 11 is 0. The Morgan fingerprint density at radius 2 is 1.77 bits per heavy atom. The van der Waals surface area contributed by atoms with E-state index in [4.69, 9.17) is 9.16 Å². The molecular formula is C16H33NO4Si. The number of hydrogen-bond donors (Lipinski definition) is 1. The largest absolute Gasteiger partial charge is 0.444 e. The van der Waals surface area contributed by atoms with Crippen molar-refractivity contribution in [1.82, 2.24) is 4.90 Å². The van der Waals surface area contributed by atoms with Crippen molar-refractivity contribution in [2.45, 2.75) is 83.8 Å². The van der Waals surface area contributed by atoms with E-state index in [1.807, 2.05) is 20.8 Å². The van der Waals surface area contributed by atoms with Gasteiger partial charge in [-0.2, -0.15) is 0 Å². The lowest BCUT2D eigenvalue weighted by Gasteiger charge is -2.38. The van der Waals surface area contributed by atoms with Crippen LogP contribution in [-0.4, -0.2) is 55.3 Å². The quantitative estimate of drug-likeness (QED) is 0.806. The first-order valence-corrected chi connectivity index (χ1v) is 11.0. The van der Waals surface area contributed by atoms with Gasteiger partial charge in [0.2, 0.25) is 0 Å². The van der Waals surface area contributed by atoms with E-state index >= 15 is 0 Å². The fraction of sp³-hybridized carbons (Fsp3) is 0.938. The Labute approximate surface area is 136 Å². The first kappa shape index (κ1) is 19.5. The topological polar surface area (TPSA) is 59.0 Å². The lowest BCUT2D eigenvalue weighted by molar-refractivity contribution is 0.00763. The van der Waals surface area contributed by atoms with Crippen molar-refractivity contribution < 1.29 is 19.1 Å². The monoisotopic (exact) mass is 331 g/mol. The first-order chi connectivity index (χ1) is 9.74. The highest BCUT2D eigenvalue weighted by molar-refractivity contribution is 6.74. The predicted molar refractivity (Wildman–Crippen MR) is 90.5 cm³/mol. The molecule has 0 bridgehead atoms. The zero-order valence-corrected chi connectivity index (χ0v) is 16.4. The van der Waals surface area contributed by atoms with Crippen molar-refractivity contribution in [3.8, 4) is 0 Å². The molecule has 1 aliphatic rings. The van der Waals surface area contributed by atoms with Crippen molar-refractivity contribution in [2.24, 2.45) is 0 Å². The van der Waals surface area contributed by atoms with E-state index in [0.29, 0.717) is 19.6 Å². The van der Waals surface area contributed by atoms with Crippen LogP contribution in [0.2, 0.25) is 18.1 Å². The van der Waals surface area contributed by atoms with Crippen LogP contribution >= 0.6 is 0 Å². The van der Waals surface area contributed by atoms with Crippen LogP contribution in [0.5, 0.6) is 0 Å². The van der Waals surface area contributed by atoms with Crippen molar-refractivity contribution >= 4 is 14.4 Å². The summed E-state index contributed by atoms with van der Waals surface area (Å²) < 4.78 is 11.6. The van der Waals surface area contributed by atoms with E-state index in [2.05, 4.69) is 33.9 Å². The second kappa shape index (κ2) is 6.49. The lowest BCUT2D eigenvalue weighted by Crippen LogP contribution is -2.49. The van der Waals surface area contributed by atoms with Crippen LogP contribution in [0.25, 0.3) is 0 Å². The summed E-state index contributed by atoms with van der Waals surface area (Å²) in [6, 6.07) is -0.316. The van der Waals surface area contributed by atoms with E-state index < -0.39 is 20.0 Å². The summed E-state index contributed by atoms with van der Waals surface area (Å²) in [6.45, 7) is 17.3. The number of hydrogen-bond acceptors (Lipinski definition) is 4. The van der Waals surface area contributed by atoms with Gasteiger partial charge in [-0.05, 0) is 45.3 Å². The molecule has 1 rings (SSSR count). The van der Waals surface area contributed by atoms with Gasteiger partial charge in [0, 0.05) is 6.54 Å². The van der Waals surface area contributed by atoms with Crippen LogP contribution in [0.1, 0.15) is 48.0 Å². The molecule has 22 heavy (non-hydrogen) atoms. The third kappa shape index (κ3) is 4.96. The molecule has 0 saturated carbocycles. The van der Waals surface area contributed by atoms with Crippen molar-refractivity contribution in [3.05, 3.63) is 0 Å². The summed E-state index contributed by atoms with van der Waals surface area (Å²) in [5.74, 6) is 0. The van der Waals surface area contributed by atoms with E-state index in [9.17, 15) is 9.90 Å². The number of ether oxygens (including phenoxy) is 1. The van der Waals surface area contributed by atoms with Crippen LogP contribution in [0, 0.1) is 0 Å². The molecule has 1 fully saturated rings. The van der Waals surface area contributed by atoms with Crippen LogP contribution in [-0.2, 0) is 9.16 Å². The molecule has 1 amide bonds. The Bertz CT molecular complexity index is 398. The van der Waals surface area contributed by atoms with Crippen molar-refractivity contribution in [3.63, 3.8) is 0 Å². The van der Waals surface area contributed by atoms with E-state index in [1.54, 1.807) is 4.90 Å². The van der Waals surface area contributed by atoms with E-state index in [-0.39, 0.29) is 17.2 Å². The SMILES string of the molecule is CC(C)(C)OC(=O)N1CC[C@H](O)[C@H]1CO[Si](C)(C)C(C)(C)C. The van der Waals surface area contributed by atoms with Gasteiger partial charge in [-0.25, -0.2) is 4.79 Å². The normalized spacial score (nSPS) is 23.8. The Morgan fingerprint density at radius 1 is 1.23 bits per heavy atom. The Balaban J connectivity index is 2.72. The van der Waals surface area contributed by atoms with Crippen LogP contribution in [0.3, 0.4) is 0 Å². The molecule has 6 heteroatoms. The number of amides is 1. The van der Waals surface area contributed by atoms with Crippen LogP contribution < -0.4 is 0 Å². The van der Waals surface area contributed by atoms with Gasteiger partial charge in [0.25, 0.3) is 0 Å². The number of likely N-dealkylation sites (tertiary alicyclic amines) is 1. The maximum Gasteiger partial charge on any atom is 0.410 e. The van der Waals surface area contributed by atoms with Gasteiger partial charge >= 0.3 is 6.09 Å². The third-order valence-corrected chi connectivity index (χ3v) is 9.06. The predicted octanol–water partition coefficient (Wildman–Crippen LogP) is 3.38.